The van der Waals surface area contributed by atoms with Crippen LogP contribution in [0.4, 0.5) is 4.39 Å². The number of carboxylic acids is 1. The highest BCUT2D eigenvalue weighted by Crippen LogP contribution is 2.25. The molecular formula is C10H12FNO3. The van der Waals surface area contributed by atoms with Crippen molar-refractivity contribution in [3.05, 3.63) is 29.6 Å². The molecule has 1 aromatic rings. The van der Waals surface area contributed by atoms with Crippen molar-refractivity contribution in [1.29, 1.82) is 0 Å². The third-order valence-corrected chi connectivity index (χ3v) is 2.11. The summed E-state index contributed by atoms with van der Waals surface area (Å²) < 4.78 is 13.4. The monoisotopic (exact) mass is 213 g/mol. The molecule has 0 radical (unpaired) electrons. The Balaban J connectivity index is 3.01. The lowest BCUT2D eigenvalue weighted by atomic mass is 10.0. The van der Waals surface area contributed by atoms with Gasteiger partial charge in [-0.05, 0) is 13.1 Å². The van der Waals surface area contributed by atoms with Gasteiger partial charge in [0.05, 0.1) is 6.42 Å². The number of aliphatic carboxylic acids is 1. The molecule has 0 aliphatic carbocycles. The van der Waals surface area contributed by atoms with Crippen LogP contribution in [-0.4, -0.2) is 23.2 Å². The quantitative estimate of drug-likeness (QED) is 0.704. The number of carboxylic acid groups (broad SMARTS) is 1. The van der Waals surface area contributed by atoms with Gasteiger partial charge in [-0.15, -0.1) is 0 Å². The fourth-order valence-electron chi connectivity index (χ4n) is 1.35. The molecule has 0 bridgehead atoms. The number of phenols is 1. The molecule has 0 spiro atoms. The van der Waals surface area contributed by atoms with Crippen LogP contribution in [0, 0.1) is 5.82 Å². The summed E-state index contributed by atoms with van der Waals surface area (Å²) in [6, 6.07) is 3.49. The van der Waals surface area contributed by atoms with E-state index >= 15 is 0 Å². The van der Waals surface area contributed by atoms with Crippen molar-refractivity contribution in [1.82, 2.24) is 5.32 Å². The topological polar surface area (TPSA) is 69.6 Å². The summed E-state index contributed by atoms with van der Waals surface area (Å²) in [5, 5.41) is 20.4. The summed E-state index contributed by atoms with van der Waals surface area (Å²) in [7, 11) is 1.54. The van der Waals surface area contributed by atoms with E-state index in [-0.39, 0.29) is 12.0 Å². The van der Waals surface area contributed by atoms with Gasteiger partial charge < -0.3 is 15.5 Å². The number of halogens is 1. The van der Waals surface area contributed by atoms with E-state index in [0.717, 1.165) is 0 Å². The molecule has 15 heavy (non-hydrogen) atoms. The first kappa shape index (κ1) is 11.5. The van der Waals surface area contributed by atoms with Crippen LogP contribution in [0.5, 0.6) is 5.75 Å². The maximum atomic E-state index is 13.4. The van der Waals surface area contributed by atoms with Crippen LogP contribution >= 0.6 is 0 Å². The van der Waals surface area contributed by atoms with E-state index in [1.165, 1.54) is 25.2 Å². The van der Waals surface area contributed by atoms with Gasteiger partial charge in [-0.2, -0.15) is 0 Å². The third-order valence-electron chi connectivity index (χ3n) is 2.11. The van der Waals surface area contributed by atoms with Gasteiger partial charge in [-0.3, -0.25) is 4.79 Å². The zero-order chi connectivity index (χ0) is 11.4. The number of hydrogen-bond acceptors (Lipinski definition) is 3. The van der Waals surface area contributed by atoms with Crippen LogP contribution in [0.25, 0.3) is 0 Å². The summed E-state index contributed by atoms with van der Waals surface area (Å²) in [4.78, 5) is 10.5. The number of nitrogens with one attached hydrogen (secondary N) is 1. The van der Waals surface area contributed by atoms with Crippen molar-refractivity contribution >= 4 is 5.97 Å². The molecule has 0 heterocycles. The molecule has 0 aliphatic heterocycles. The van der Waals surface area contributed by atoms with Gasteiger partial charge in [0, 0.05) is 11.6 Å². The Labute approximate surface area is 86.4 Å². The Bertz CT molecular complexity index is 368. The molecule has 0 aliphatic rings. The summed E-state index contributed by atoms with van der Waals surface area (Å²) in [5.41, 5.74) is 0.153. The van der Waals surface area contributed by atoms with Crippen LogP contribution in [0.2, 0.25) is 0 Å². The average molecular weight is 213 g/mol. The molecule has 4 nitrogen and oxygen atoms in total. The molecule has 0 aromatic heterocycles. The number of phenolic OH excluding ortho intramolecular Hbond substituents is 1. The maximum Gasteiger partial charge on any atom is 0.305 e. The zero-order valence-electron chi connectivity index (χ0n) is 8.20. The summed E-state index contributed by atoms with van der Waals surface area (Å²) in [5.74, 6) is -2.28. The lowest BCUT2D eigenvalue weighted by molar-refractivity contribution is -0.137. The zero-order valence-corrected chi connectivity index (χ0v) is 8.20. The van der Waals surface area contributed by atoms with Gasteiger partial charge in [0.25, 0.3) is 0 Å². The van der Waals surface area contributed by atoms with E-state index in [2.05, 4.69) is 5.32 Å². The fraction of sp³-hybridized carbons (Fsp3) is 0.300. The predicted octanol–water partition coefficient (Wildman–Crippen LogP) is 1.27. The molecule has 0 saturated carbocycles. The van der Waals surface area contributed by atoms with E-state index < -0.39 is 23.6 Å². The Morgan fingerprint density at radius 1 is 1.60 bits per heavy atom. The molecule has 82 valence electrons. The second-order valence-electron chi connectivity index (χ2n) is 3.12. The fourth-order valence-corrected chi connectivity index (χ4v) is 1.35. The van der Waals surface area contributed by atoms with Gasteiger partial charge in [0.15, 0.2) is 11.6 Å². The van der Waals surface area contributed by atoms with Gasteiger partial charge in [0.1, 0.15) is 0 Å². The molecule has 5 heteroatoms. The molecular weight excluding hydrogens is 201 g/mol. The van der Waals surface area contributed by atoms with Crippen molar-refractivity contribution < 1.29 is 19.4 Å². The first-order chi connectivity index (χ1) is 7.06. The normalized spacial score (nSPS) is 12.4. The van der Waals surface area contributed by atoms with E-state index in [1.54, 1.807) is 0 Å². The first-order valence-electron chi connectivity index (χ1n) is 4.42. The number of rotatable bonds is 4. The molecule has 0 saturated heterocycles. The van der Waals surface area contributed by atoms with E-state index in [1.807, 2.05) is 0 Å². The van der Waals surface area contributed by atoms with Gasteiger partial charge >= 0.3 is 5.97 Å². The number of benzene rings is 1. The molecule has 0 fully saturated rings. The molecule has 0 amide bonds. The minimum atomic E-state index is -1.03. The molecule has 1 rings (SSSR count). The molecule has 1 unspecified atom stereocenters. The van der Waals surface area contributed by atoms with Gasteiger partial charge in [-0.25, -0.2) is 4.39 Å². The van der Waals surface area contributed by atoms with Crippen molar-refractivity contribution in [2.75, 3.05) is 7.05 Å². The Morgan fingerprint density at radius 3 is 2.80 bits per heavy atom. The Hall–Kier alpha value is -1.62. The minimum absolute atomic E-state index is 0.153. The third kappa shape index (κ3) is 2.66. The number of carbonyl (C=O) groups is 1. The van der Waals surface area contributed by atoms with Gasteiger partial charge in [-0.1, -0.05) is 12.1 Å². The highest BCUT2D eigenvalue weighted by atomic mass is 19.1. The largest absolute Gasteiger partial charge is 0.505 e. The van der Waals surface area contributed by atoms with Crippen LogP contribution < -0.4 is 5.32 Å². The van der Waals surface area contributed by atoms with Crippen LogP contribution in [0.15, 0.2) is 18.2 Å². The smallest absolute Gasteiger partial charge is 0.305 e. The average Bonchev–Trinajstić information content (AvgIpc) is 2.19. The summed E-state index contributed by atoms with van der Waals surface area (Å²) in [6.07, 6.45) is -0.239. The molecule has 1 aromatic carbocycles. The summed E-state index contributed by atoms with van der Waals surface area (Å²) >= 11 is 0. The van der Waals surface area contributed by atoms with Gasteiger partial charge in [0.2, 0.25) is 0 Å². The lowest BCUT2D eigenvalue weighted by Gasteiger charge is -2.15. The Kier molecular flexibility index (Phi) is 3.62. The van der Waals surface area contributed by atoms with Crippen molar-refractivity contribution in [3.63, 3.8) is 0 Å². The predicted molar refractivity (Wildman–Crippen MR) is 52.1 cm³/mol. The standard InChI is InChI=1S/C10H12FNO3/c1-12-7(5-9(14)15)6-3-2-4-8(13)10(6)11/h2-4,7,12-13H,5H2,1H3,(H,14,15). The number of aromatic hydroxyl groups is 1. The number of hydrogen-bond donors (Lipinski definition) is 3. The van der Waals surface area contributed by atoms with Crippen LogP contribution in [-0.2, 0) is 4.79 Å². The Morgan fingerprint density at radius 2 is 2.27 bits per heavy atom. The van der Waals surface area contributed by atoms with Crippen molar-refractivity contribution in [3.8, 4) is 5.75 Å². The highest BCUT2D eigenvalue weighted by molar-refractivity contribution is 5.68. The van der Waals surface area contributed by atoms with Crippen molar-refractivity contribution in [2.45, 2.75) is 12.5 Å². The first-order valence-corrected chi connectivity index (χ1v) is 4.42. The van der Waals surface area contributed by atoms with E-state index in [4.69, 9.17) is 10.2 Å². The van der Waals surface area contributed by atoms with Crippen LogP contribution in [0.1, 0.15) is 18.0 Å². The van der Waals surface area contributed by atoms with Crippen LogP contribution in [0.3, 0.4) is 0 Å². The second kappa shape index (κ2) is 4.75. The lowest BCUT2D eigenvalue weighted by Crippen LogP contribution is -2.20. The summed E-state index contributed by atoms with van der Waals surface area (Å²) in [6.45, 7) is 0. The molecule has 1 atom stereocenters. The highest BCUT2D eigenvalue weighted by Gasteiger charge is 2.18. The second-order valence-corrected chi connectivity index (χ2v) is 3.12. The minimum Gasteiger partial charge on any atom is -0.505 e. The SMILES string of the molecule is CNC(CC(=O)O)c1cccc(O)c1F. The molecule has 3 N–H and O–H groups in total. The van der Waals surface area contributed by atoms with Crippen molar-refractivity contribution in [2.24, 2.45) is 0 Å². The van der Waals surface area contributed by atoms with E-state index in [0.29, 0.717) is 0 Å². The van der Waals surface area contributed by atoms with E-state index in [9.17, 15) is 9.18 Å². The maximum absolute atomic E-state index is 13.4.